The Balaban J connectivity index is 2.32. The zero-order valence-corrected chi connectivity index (χ0v) is 9.95. The molecule has 2 N–H and O–H groups in total. The quantitative estimate of drug-likeness (QED) is 0.639. The minimum Gasteiger partial charge on any atom is -0.387 e. The number of hydrogen-bond acceptors (Lipinski definition) is 3. The predicted molar refractivity (Wildman–Crippen MR) is 69.8 cm³/mol. The molecular formula is C11H12N4S. The van der Waals surface area contributed by atoms with Gasteiger partial charge >= 0.3 is 0 Å². The van der Waals surface area contributed by atoms with Gasteiger partial charge in [0.05, 0.1) is 26.7 Å². The van der Waals surface area contributed by atoms with Crippen molar-refractivity contribution in [2.75, 3.05) is 0 Å². The Morgan fingerprint density at radius 2 is 2.31 bits per heavy atom. The normalized spacial score (nSPS) is 12.8. The van der Waals surface area contributed by atoms with E-state index in [2.05, 4.69) is 15.0 Å². The average Bonchev–Trinajstić information content (AvgIpc) is 2.56. The highest BCUT2D eigenvalue weighted by atomic mass is 32.1. The molecule has 1 aromatic heterocycles. The van der Waals surface area contributed by atoms with Gasteiger partial charge in [-0.3, -0.25) is 0 Å². The van der Waals surface area contributed by atoms with Crippen LogP contribution in [-0.2, 0) is 0 Å². The highest BCUT2D eigenvalue weighted by Gasteiger charge is 2.00. The Labute approximate surface area is 97.6 Å². The maximum Gasteiger partial charge on any atom is 0.118 e. The van der Waals surface area contributed by atoms with Crippen LogP contribution < -0.4 is 5.73 Å². The van der Waals surface area contributed by atoms with E-state index in [0.717, 1.165) is 20.9 Å². The summed E-state index contributed by atoms with van der Waals surface area (Å²) >= 11 is 1.66. The largest absolute Gasteiger partial charge is 0.387 e. The van der Waals surface area contributed by atoms with Crippen molar-refractivity contribution >= 4 is 39.4 Å². The highest BCUT2D eigenvalue weighted by Crippen LogP contribution is 2.25. The third kappa shape index (κ3) is 2.43. The SMILES string of the molecule is CC(N)=NC=Nc1ccc2nc(C)sc2c1. The lowest BCUT2D eigenvalue weighted by Crippen LogP contribution is -2.04. The molecule has 0 radical (unpaired) electrons. The van der Waals surface area contributed by atoms with E-state index in [1.54, 1.807) is 18.3 Å². The van der Waals surface area contributed by atoms with Gasteiger partial charge in [-0.05, 0) is 32.0 Å². The Morgan fingerprint density at radius 1 is 1.50 bits per heavy atom. The number of nitrogens with zero attached hydrogens (tertiary/aromatic N) is 3. The third-order valence-corrected chi connectivity index (χ3v) is 2.88. The van der Waals surface area contributed by atoms with E-state index in [-0.39, 0.29) is 0 Å². The monoisotopic (exact) mass is 232 g/mol. The van der Waals surface area contributed by atoms with Crippen molar-refractivity contribution in [3.63, 3.8) is 0 Å². The minimum absolute atomic E-state index is 0.499. The number of aryl methyl sites for hydroxylation is 1. The summed E-state index contributed by atoms with van der Waals surface area (Å²) in [5.41, 5.74) is 7.28. The van der Waals surface area contributed by atoms with Gasteiger partial charge in [-0.15, -0.1) is 11.3 Å². The van der Waals surface area contributed by atoms with E-state index in [4.69, 9.17) is 5.73 Å². The number of nitrogens with two attached hydrogens (primary N) is 1. The molecule has 0 bridgehead atoms. The van der Waals surface area contributed by atoms with Crippen molar-refractivity contribution in [2.45, 2.75) is 13.8 Å². The van der Waals surface area contributed by atoms with Crippen LogP contribution in [0, 0.1) is 6.92 Å². The smallest absolute Gasteiger partial charge is 0.118 e. The van der Waals surface area contributed by atoms with Crippen LogP contribution in [0.25, 0.3) is 10.2 Å². The van der Waals surface area contributed by atoms with Crippen LogP contribution in [0.5, 0.6) is 0 Å². The van der Waals surface area contributed by atoms with Gasteiger partial charge in [0.25, 0.3) is 0 Å². The number of amidine groups is 1. The first-order chi connectivity index (χ1) is 7.65. The number of aliphatic imine (C=N–C) groups is 2. The van der Waals surface area contributed by atoms with Crippen molar-refractivity contribution in [1.82, 2.24) is 4.98 Å². The van der Waals surface area contributed by atoms with Gasteiger partial charge in [-0.2, -0.15) is 0 Å². The lowest BCUT2D eigenvalue weighted by Gasteiger charge is -1.91. The molecule has 0 saturated carbocycles. The van der Waals surface area contributed by atoms with Crippen molar-refractivity contribution in [2.24, 2.45) is 15.7 Å². The Hall–Kier alpha value is -1.75. The second-order valence-corrected chi connectivity index (χ2v) is 4.63. The van der Waals surface area contributed by atoms with Gasteiger partial charge in [0.2, 0.25) is 0 Å². The number of hydrogen-bond donors (Lipinski definition) is 1. The summed E-state index contributed by atoms with van der Waals surface area (Å²) in [7, 11) is 0. The number of thiazole rings is 1. The molecule has 0 aliphatic carbocycles. The highest BCUT2D eigenvalue weighted by molar-refractivity contribution is 7.18. The van der Waals surface area contributed by atoms with E-state index >= 15 is 0 Å². The van der Waals surface area contributed by atoms with Crippen LogP contribution in [0.2, 0.25) is 0 Å². The molecule has 5 heteroatoms. The molecule has 2 rings (SSSR count). The lowest BCUT2D eigenvalue weighted by molar-refractivity contribution is 1.35. The summed E-state index contributed by atoms with van der Waals surface area (Å²) in [5.74, 6) is 0.499. The molecule has 2 aromatic rings. The third-order valence-electron chi connectivity index (χ3n) is 1.95. The molecule has 1 heterocycles. The average molecular weight is 232 g/mol. The molecule has 1 aromatic carbocycles. The zero-order valence-electron chi connectivity index (χ0n) is 9.14. The topological polar surface area (TPSA) is 63.6 Å². The summed E-state index contributed by atoms with van der Waals surface area (Å²) in [6.07, 6.45) is 1.46. The molecule has 0 fully saturated rings. The van der Waals surface area contributed by atoms with E-state index in [0.29, 0.717) is 5.84 Å². The fraction of sp³-hybridized carbons (Fsp3) is 0.182. The minimum atomic E-state index is 0.499. The second-order valence-electron chi connectivity index (χ2n) is 3.40. The Bertz CT molecular complexity index is 564. The summed E-state index contributed by atoms with van der Waals surface area (Å²) in [6.45, 7) is 3.72. The summed E-state index contributed by atoms with van der Waals surface area (Å²) in [5, 5.41) is 1.06. The van der Waals surface area contributed by atoms with Gasteiger partial charge in [0.1, 0.15) is 6.34 Å². The molecule has 0 unspecified atom stereocenters. The fourth-order valence-electron chi connectivity index (χ4n) is 1.30. The number of benzene rings is 1. The molecule has 0 saturated heterocycles. The van der Waals surface area contributed by atoms with Crippen LogP contribution in [0.1, 0.15) is 11.9 Å². The van der Waals surface area contributed by atoms with Crippen LogP contribution in [-0.4, -0.2) is 17.2 Å². The summed E-state index contributed by atoms with van der Waals surface area (Å²) < 4.78 is 1.14. The molecule has 82 valence electrons. The first kappa shape index (κ1) is 10.8. The van der Waals surface area contributed by atoms with Crippen LogP contribution in [0.4, 0.5) is 5.69 Å². The summed E-state index contributed by atoms with van der Waals surface area (Å²) in [4.78, 5) is 12.5. The molecule has 4 nitrogen and oxygen atoms in total. The maximum atomic E-state index is 5.40. The fourth-order valence-corrected chi connectivity index (χ4v) is 2.16. The molecule has 16 heavy (non-hydrogen) atoms. The van der Waals surface area contributed by atoms with Crippen LogP contribution in [0.15, 0.2) is 28.2 Å². The van der Waals surface area contributed by atoms with Gasteiger partial charge in [0.15, 0.2) is 0 Å². The van der Waals surface area contributed by atoms with Gasteiger partial charge in [-0.25, -0.2) is 15.0 Å². The van der Waals surface area contributed by atoms with Crippen molar-refractivity contribution in [3.8, 4) is 0 Å². The zero-order chi connectivity index (χ0) is 11.5. The number of aromatic nitrogens is 1. The second kappa shape index (κ2) is 4.40. The summed E-state index contributed by atoms with van der Waals surface area (Å²) in [6, 6.07) is 5.88. The first-order valence-corrected chi connectivity index (χ1v) is 5.66. The maximum absolute atomic E-state index is 5.40. The van der Waals surface area contributed by atoms with Crippen molar-refractivity contribution < 1.29 is 0 Å². The number of rotatable bonds is 2. The van der Waals surface area contributed by atoms with Crippen LogP contribution >= 0.6 is 11.3 Å². The van der Waals surface area contributed by atoms with Gasteiger partial charge < -0.3 is 5.73 Å². The number of fused-ring (bicyclic) bond motifs is 1. The van der Waals surface area contributed by atoms with Crippen LogP contribution in [0.3, 0.4) is 0 Å². The first-order valence-electron chi connectivity index (χ1n) is 4.85. The van der Waals surface area contributed by atoms with Crippen molar-refractivity contribution in [1.29, 1.82) is 0 Å². The van der Waals surface area contributed by atoms with Crippen molar-refractivity contribution in [3.05, 3.63) is 23.2 Å². The molecule has 0 aliphatic rings. The Kier molecular flexibility index (Phi) is 2.96. The molecule has 0 atom stereocenters. The molecular weight excluding hydrogens is 220 g/mol. The van der Waals surface area contributed by atoms with Gasteiger partial charge in [0, 0.05) is 0 Å². The van der Waals surface area contributed by atoms with E-state index in [9.17, 15) is 0 Å². The molecule has 0 aliphatic heterocycles. The van der Waals surface area contributed by atoms with E-state index in [1.807, 2.05) is 25.1 Å². The lowest BCUT2D eigenvalue weighted by atomic mass is 10.3. The van der Waals surface area contributed by atoms with Gasteiger partial charge in [-0.1, -0.05) is 0 Å². The Morgan fingerprint density at radius 3 is 3.06 bits per heavy atom. The van der Waals surface area contributed by atoms with E-state index < -0.39 is 0 Å². The molecule has 0 spiro atoms. The molecule has 0 amide bonds. The van der Waals surface area contributed by atoms with E-state index in [1.165, 1.54) is 6.34 Å². The predicted octanol–water partition coefficient (Wildman–Crippen LogP) is 2.64. The standard InChI is InChI=1S/C11H12N4S/c1-7(12)13-6-14-9-3-4-10-11(5-9)16-8(2)15-10/h3-6H,1-2H3,(H2,12,13,14).